The molecule has 4 heteroatoms. The van der Waals surface area contributed by atoms with E-state index in [1.807, 2.05) is 13.8 Å². The molecule has 0 heterocycles. The van der Waals surface area contributed by atoms with E-state index in [0.29, 0.717) is 6.61 Å². The molecule has 0 aliphatic rings. The molecule has 0 saturated carbocycles. The maximum atomic E-state index is 11.5. The molecule has 0 fully saturated rings. The molecule has 130 valence electrons. The average Bonchev–Trinajstić information content (AvgIpc) is 2.48. The van der Waals surface area contributed by atoms with Gasteiger partial charge in [-0.25, -0.2) is 0 Å². The lowest BCUT2D eigenvalue weighted by molar-refractivity contribution is -0.153. The first-order chi connectivity index (χ1) is 10.6. The molecule has 0 radical (unpaired) electrons. The van der Waals surface area contributed by atoms with Crippen molar-refractivity contribution in [2.24, 2.45) is 0 Å². The minimum atomic E-state index is -0.311. The summed E-state index contributed by atoms with van der Waals surface area (Å²) in [5.74, 6) is -0.611. The number of hydrogen-bond donors (Lipinski definition) is 0. The van der Waals surface area contributed by atoms with Crippen molar-refractivity contribution in [3.8, 4) is 0 Å². The van der Waals surface area contributed by atoms with E-state index in [1.165, 1.54) is 32.1 Å². The Hall–Kier alpha value is -1.06. The average molecular weight is 314 g/mol. The quantitative estimate of drug-likeness (QED) is 0.341. The van der Waals surface area contributed by atoms with Gasteiger partial charge in [-0.2, -0.15) is 0 Å². The summed E-state index contributed by atoms with van der Waals surface area (Å²) in [6, 6.07) is 0. The van der Waals surface area contributed by atoms with E-state index in [9.17, 15) is 9.59 Å². The van der Waals surface area contributed by atoms with Gasteiger partial charge in [0.15, 0.2) is 0 Å². The Morgan fingerprint density at radius 1 is 0.818 bits per heavy atom. The van der Waals surface area contributed by atoms with Crippen molar-refractivity contribution >= 4 is 11.9 Å². The Bertz CT molecular complexity index is 289. The Morgan fingerprint density at radius 3 is 2.05 bits per heavy atom. The van der Waals surface area contributed by atoms with Crippen LogP contribution in [0.2, 0.25) is 0 Å². The Morgan fingerprint density at radius 2 is 1.41 bits per heavy atom. The van der Waals surface area contributed by atoms with E-state index in [4.69, 9.17) is 9.47 Å². The van der Waals surface area contributed by atoms with Crippen molar-refractivity contribution in [1.82, 2.24) is 0 Å². The molecule has 1 unspecified atom stereocenters. The smallest absolute Gasteiger partial charge is 0.306 e. The zero-order chi connectivity index (χ0) is 16.6. The van der Waals surface area contributed by atoms with Gasteiger partial charge in [0.2, 0.25) is 0 Å². The van der Waals surface area contributed by atoms with E-state index >= 15 is 0 Å². The van der Waals surface area contributed by atoms with Gasteiger partial charge in [0.1, 0.15) is 0 Å². The van der Waals surface area contributed by atoms with Gasteiger partial charge in [0.05, 0.1) is 25.6 Å². The maximum absolute atomic E-state index is 11.5. The SMILES string of the molecule is CCCCCCCCCOC(=O)CCC(=O)OC(C)CCC. The third-order valence-electron chi connectivity index (χ3n) is 3.57. The third kappa shape index (κ3) is 13.9. The van der Waals surface area contributed by atoms with Crippen molar-refractivity contribution < 1.29 is 19.1 Å². The molecule has 0 aromatic heterocycles. The molecule has 0 aliphatic carbocycles. The molecular formula is C18H34O4. The summed E-state index contributed by atoms with van der Waals surface area (Å²) >= 11 is 0. The van der Waals surface area contributed by atoms with Crippen LogP contribution in [0.5, 0.6) is 0 Å². The second-order valence-electron chi connectivity index (χ2n) is 5.93. The molecule has 0 spiro atoms. The van der Waals surface area contributed by atoms with Crippen LogP contribution in [-0.4, -0.2) is 24.6 Å². The zero-order valence-electron chi connectivity index (χ0n) is 14.7. The summed E-state index contributed by atoms with van der Waals surface area (Å²) < 4.78 is 10.3. The van der Waals surface area contributed by atoms with Crippen LogP contribution in [0.15, 0.2) is 0 Å². The molecule has 0 rings (SSSR count). The summed E-state index contributed by atoms with van der Waals surface area (Å²) in [6.07, 6.45) is 10.4. The van der Waals surface area contributed by atoms with Crippen molar-refractivity contribution in [3.05, 3.63) is 0 Å². The normalized spacial score (nSPS) is 12.0. The maximum Gasteiger partial charge on any atom is 0.306 e. The van der Waals surface area contributed by atoms with Gasteiger partial charge in [-0.3, -0.25) is 9.59 Å². The minimum absolute atomic E-state index is 0.0683. The molecule has 22 heavy (non-hydrogen) atoms. The fourth-order valence-electron chi connectivity index (χ4n) is 2.27. The van der Waals surface area contributed by atoms with E-state index in [0.717, 1.165) is 25.7 Å². The van der Waals surface area contributed by atoms with E-state index in [-0.39, 0.29) is 30.9 Å². The minimum Gasteiger partial charge on any atom is -0.466 e. The number of esters is 2. The van der Waals surface area contributed by atoms with E-state index in [2.05, 4.69) is 6.92 Å². The highest BCUT2D eigenvalue weighted by atomic mass is 16.5. The first-order valence-electron chi connectivity index (χ1n) is 8.95. The van der Waals surface area contributed by atoms with Crippen molar-refractivity contribution in [2.75, 3.05) is 6.61 Å². The van der Waals surface area contributed by atoms with Crippen LogP contribution >= 0.6 is 0 Å². The number of carbonyl (C=O) groups is 2. The van der Waals surface area contributed by atoms with Crippen LogP contribution in [0.25, 0.3) is 0 Å². The molecule has 0 aromatic rings. The zero-order valence-corrected chi connectivity index (χ0v) is 14.7. The number of ether oxygens (including phenoxy) is 2. The molecule has 0 amide bonds. The molecule has 0 aromatic carbocycles. The van der Waals surface area contributed by atoms with Crippen LogP contribution < -0.4 is 0 Å². The second-order valence-corrected chi connectivity index (χ2v) is 5.93. The lowest BCUT2D eigenvalue weighted by atomic mass is 10.1. The summed E-state index contributed by atoms with van der Waals surface area (Å²) in [7, 11) is 0. The Labute approximate surface area is 135 Å². The fraction of sp³-hybridized carbons (Fsp3) is 0.889. The molecule has 0 bridgehead atoms. The first kappa shape index (κ1) is 20.9. The van der Waals surface area contributed by atoms with Gasteiger partial charge in [0.25, 0.3) is 0 Å². The summed E-state index contributed by atoms with van der Waals surface area (Å²) in [4.78, 5) is 23.0. The topological polar surface area (TPSA) is 52.6 Å². The van der Waals surface area contributed by atoms with Crippen LogP contribution in [0, 0.1) is 0 Å². The standard InChI is InChI=1S/C18H34O4/c1-4-6-7-8-9-10-11-15-21-17(19)13-14-18(20)22-16(3)12-5-2/h16H,4-15H2,1-3H3. The highest BCUT2D eigenvalue weighted by Gasteiger charge is 2.11. The lowest BCUT2D eigenvalue weighted by Gasteiger charge is -2.11. The monoisotopic (exact) mass is 314 g/mol. The van der Waals surface area contributed by atoms with Gasteiger partial charge < -0.3 is 9.47 Å². The van der Waals surface area contributed by atoms with Crippen molar-refractivity contribution in [3.63, 3.8) is 0 Å². The largest absolute Gasteiger partial charge is 0.466 e. The predicted octanol–water partition coefficient (Wildman–Crippen LogP) is 4.79. The Balaban J connectivity index is 3.44. The second kappa shape index (κ2) is 14.9. The first-order valence-corrected chi connectivity index (χ1v) is 8.95. The fourth-order valence-corrected chi connectivity index (χ4v) is 2.27. The number of rotatable bonds is 14. The van der Waals surface area contributed by atoms with Crippen molar-refractivity contribution in [1.29, 1.82) is 0 Å². The lowest BCUT2D eigenvalue weighted by Crippen LogP contribution is -2.16. The van der Waals surface area contributed by atoms with E-state index < -0.39 is 0 Å². The van der Waals surface area contributed by atoms with Gasteiger partial charge in [-0.1, -0.05) is 58.8 Å². The summed E-state index contributed by atoms with van der Waals surface area (Å²) in [6.45, 7) is 6.60. The highest BCUT2D eigenvalue weighted by molar-refractivity contribution is 5.77. The molecule has 4 nitrogen and oxygen atoms in total. The van der Waals surface area contributed by atoms with Crippen LogP contribution in [0.4, 0.5) is 0 Å². The van der Waals surface area contributed by atoms with E-state index in [1.54, 1.807) is 0 Å². The predicted molar refractivity (Wildman–Crippen MR) is 88.6 cm³/mol. The summed E-state index contributed by atoms with van der Waals surface area (Å²) in [5, 5.41) is 0. The molecule has 0 aliphatic heterocycles. The molecule has 1 atom stereocenters. The number of unbranched alkanes of at least 4 members (excludes halogenated alkanes) is 6. The molecular weight excluding hydrogens is 280 g/mol. The van der Waals surface area contributed by atoms with Gasteiger partial charge >= 0.3 is 11.9 Å². The number of carbonyl (C=O) groups excluding carboxylic acids is 2. The van der Waals surface area contributed by atoms with Crippen LogP contribution in [0.3, 0.4) is 0 Å². The molecule has 0 N–H and O–H groups in total. The van der Waals surface area contributed by atoms with Gasteiger partial charge in [-0.05, 0) is 19.8 Å². The van der Waals surface area contributed by atoms with Crippen LogP contribution in [-0.2, 0) is 19.1 Å². The highest BCUT2D eigenvalue weighted by Crippen LogP contribution is 2.08. The van der Waals surface area contributed by atoms with Crippen LogP contribution in [0.1, 0.15) is 91.4 Å². The van der Waals surface area contributed by atoms with Gasteiger partial charge in [-0.15, -0.1) is 0 Å². The third-order valence-corrected chi connectivity index (χ3v) is 3.57. The molecule has 0 saturated heterocycles. The number of hydrogen-bond acceptors (Lipinski definition) is 4. The summed E-state index contributed by atoms with van der Waals surface area (Å²) in [5.41, 5.74) is 0. The van der Waals surface area contributed by atoms with Gasteiger partial charge in [0, 0.05) is 0 Å². The van der Waals surface area contributed by atoms with Crippen molar-refractivity contribution in [2.45, 2.75) is 97.5 Å². The Kier molecular flexibility index (Phi) is 14.1.